The molecule has 1 aromatic carbocycles. The molecule has 5 rings (SSSR count). The molecule has 0 unspecified atom stereocenters. The first-order chi connectivity index (χ1) is 17.4. The summed E-state index contributed by atoms with van der Waals surface area (Å²) in [5, 5.41) is 6.62. The monoisotopic (exact) mass is 632 g/mol. The van der Waals surface area contributed by atoms with Gasteiger partial charge in [0.1, 0.15) is 0 Å². The third-order valence-corrected chi connectivity index (χ3v) is 9.11. The van der Waals surface area contributed by atoms with E-state index in [9.17, 15) is 4.79 Å². The zero-order valence-electron chi connectivity index (χ0n) is 20.6. The van der Waals surface area contributed by atoms with Gasteiger partial charge in [0.15, 0.2) is 5.65 Å². The second kappa shape index (κ2) is 11.1. The molecule has 1 aliphatic rings. The molecule has 10 heteroatoms. The van der Waals surface area contributed by atoms with Crippen LogP contribution in [0.3, 0.4) is 0 Å². The lowest BCUT2D eigenvalue weighted by Gasteiger charge is -2.35. The molecule has 4 heterocycles. The molecule has 1 aliphatic heterocycles. The van der Waals surface area contributed by atoms with Crippen LogP contribution in [0.15, 0.2) is 48.0 Å². The number of fused-ring (bicyclic) bond motifs is 1. The number of thiophene rings is 1. The van der Waals surface area contributed by atoms with Gasteiger partial charge in [0.2, 0.25) is 11.9 Å². The van der Waals surface area contributed by atoms with E-state index in [0.29, 0.717) is 5.95 Å². The number of hydrogen-bond donors (Lipinski definition) is 1. The highest BCUT2D eigenvalue weighted by Crippen LogP contribution is 2.35. The van der Waals surface area contributed by atoms with Crippen LogP contribution in [0, 0.1) is 12.8 Å². The molecule has 1 amide bonds. The minimum atomic E-state index is 0.0661. The number of anilines is 2. The van der Waals surface area contributed by atoms with Gasteiger partial charge < -0.3 is 10.2 Å². The smallest absolute Gasteiger partial charge is 0.229 e. The predicted molar refractivity (Wildman–Crippen MR) is 159 cm³/mol. The Morgan fingerprint density at radius 1 is 1.14 bits per heavy atom. The average molecular weight is 633 g/mol. The van der Waals surface area contributed by atoms with Crippen LogP contribution in [0.4, 0.5) is 11.6 Å². The van der Waals surface area contributed by atoms with E-state index in [1.54, 1.807) is 20.5 Å². The van der Waals surface area contributed by atoms with Crippen molar-refractivity contribution in [1.82, 2.24) is 23.7 Å². The van der Waals surface area contributed by atoms with E-state index in [0.717, 1.165) is 60.0 Å². The minimum absolute atomic E-state index is 0.0661. The van der Waals surface area contributed by atoms with E-state index in [1.807, 2.05) is 24.9 Å². The summed E-state index contributed by atoms with van der Waals surface area (Å²) >= 11 is 3.98. The van der Waals surface area contributed by atoms with Gasteiger partial charge in [-0.05, 0) is 47.7 Å². The van der Waals surface area contributed by atoms with E-state index in [4.69, 9.17) is 9.97 Å². The zero-order chi connectivity index (χ0) is 25.2. The van der Waals surface area contributed by atoms with Gasteiger partial charge in [-0.2, -0.15) is 4.98 Å². The van der Waals surface area contributed by atoms with E-state index in [-0.39, 0.29) is 11.8 Å². The fourth-order valence-electron chi connectivity index (χ4n) is 4.42. The third kappa shape index (κ3) is 5.56. The van der Waals surface area contributed by atoms with Crippen molar-refractivity contribution in [3.8, 4) is 10.6 Å². The number of nitrogens with zero attached hydrogens (tertiary/aromatic N) is 5. The Morgan fingerprint density at radius 3 is 2.53 bits per heavy atom. The fraction of sp³-hybridized carbons (Fsp3) is 0.346. The van der Waals surface area contributed by atoms with Gasteiger partial charge in [0.05, 0.1) is 10.6 Å². The van der Waals surface area contributed by atoms with Crippen LogP contribution in [0.25, 0.3) is 21.6 Å². The topological polar surface area (TPSA) is 66.3 Å². The summed E-state index contributed by atoms with van der Waals surface area (Å²) in [4.78, 5) is 27.5. The molecule has 1 N–H and O–H groups in total. The lowest BCUT2D eigenvalue weighted by molar-refractivity contribution is -0.136. The maximum atomic E-state index is 12.2. The molecule has 0 radical (unpaired) electrons. The third-order valence-electron chi connectivity index (χ3n) is 6.34. The van der Waals surface area contributed by atoms with E-state index < -0.39 is 0 Å². The van der Waals surface area contributed by atoms with E-state index >= 15 is 0 Å². The van der Waals surface area contributed by atoms with Gasteiger partial charge in [-0.1, -0.05) is 26.0 Å². The number of hydrogen-bond acceptors (Lipinski definition) is 7. The van der Waals surface area contributed by atoms with Crippen molar-refractivity contribution >= 4 is 70.2 Å². The van der Waals surface area contributed by atoms with Crippen molar-refractivity contribution in [2.75, 3.05) is 31.5 Å². The first kappa shape index (κ1) is 25.5. The van der Waals surface area contributed by atoms with E-state index in [1.165, 1.54) is 11.1 Å². The van der Waals surface area contributed by atoms with Crippen molar-refractivity contribution in [3.63, 3.8) is 0 Å². The van der Waals surface area contributed by atoms with Crippen molar-refractivity contribution < 1.29 is 4.79 Å². The number of benzene rings is 1. The van der Waals surface area contributed by atoms with Crippen molar-refractivity contribution in [2.24, 2.45) is 5.92 Å². The van der Waals surface area contributed by atoms with Crippen LogP contribution < -0.4 is 5.32 Å². The highest BCUT2D eigenvalue weighted by Gasteiger charge is 2.22. The number of nitrogens with one attached hydrogen (secondary N) is 1. The first-order valence-electron chi connectivity index (χ1n) is 12.0. The molecule has 7 nitrogen and oxygen atoms in total. The van der Waals surface area contributed by atoms with Gasteiger partial charge in [0.25, 0.3) is 0 Å². The number of carbonyl (C=O) groups is 1. The highest BCUT2D eigenvalue weighted by atomic mass is 127. The summed E-state index contributed by atoms with van der Waals surface area (Å²) in [5.74, 6) is 0.913. The molecule has 0 bridgehead atoms. The Morgan fingerprint density at radius 2 is 1.89 bits per heavy atom. The lowest BCUT2D eigenvalue weighted by atomic mass is 10.1. The molecule has 36 heavy (non-hydrogen) atoms. The summed E-state index contributed by atoms with van der Waals surface area (Å²) in [5.41, 5.74) is 5.31. The number of aryl methyl sites for hydroxylation is 1. The molecule has 0 spiro atoms. The number of rotatable bonds is 7. The second-order valence-electron chi connectivity index (χ2n) is 9.41. The van der Waals surface area contributed by atoms with Crippen LogP contribution in [-0.2, 0) is 11.3 Å². The second-order valence-corrected chi connectivity index (χ2v) is 12.0. The summed E-state index contributed by atoms with van der Waals surface area (Å²) in [7, 11) is 1.60. The largest absolute Gasteiger partial charge is 0.340 e. The molecule has 4 aromatic rings. The summed E-state index contributed by atoms with van der Waals surface area (Å²) in [6, 6.07) is 12.7. The number of piperazine rings is 1. The maximum Gasteiger partial charge on any atom is 0.229 e. The Kier molecular flexibility index (Phi) is 7.85. The van der Waals surface area contributed by atoms with Gasteiger partial charge >= 0.3 is 0 Å². The molecule has 0 atom stereocenters. The van der Waals surface area contributed by atoms with Gasteiger partial charge in [0, 0.05) is 86.2 Å². The number of amides is 1. The Hall–Kier alpha value is -2.15. The van der Waals surface area contributed by atoms with Crippen molar-refractivity contribution in [3.05, 3.63) is 59.1 Å². The lowest BCUT2D eigenvalue weighted by Crippen LogP contribution is -2.49. The molecule has 1 saturated heterocycles. The van der Waals surface area contributed by atoms with Crippen molar-refractivity contribution in [1.29, 1.82) is 0 Å². The molecule has 0 saturated carbocycles. The molecule has 188 valence electrons. The van der Waals surface area contributed by atoms with E-state index in [2.05, 4.69) is 84.1 Å². The van der Waals surface area contributed by atoms with Crippen LogP contribution in [0.1, 0.15) is 25.0 Å². The number of halogens is 1. The molecule has 3 aromatic heterocycles. The Bertz CT molecular complexity index is 1360. The maximum absolute atomic E-state index is 12.2. The van der Waals surface area contributed by atoms with Crippen molar-refractivity contribution in [2.45, 2.75) is 27.3 Å². The fourth-order valence-corrected chi connectivity index (χ4v) is 6.59. The standard InChI is InChI=1S/C26H29IN6OS2/c1-17(2)25(34)32-12-10-31(11-13-32)15-19-4-6-20(7-5-19)28-26-29-23(22-14-18(3)16-35-22)21-8-9-33(36-27)24(21)30-26/h4-9,14,16-17H,10-13,15H2,1-3H3,(H,28,29,30). The SMILES string of the molecule is Cc1csc(-c2nc(Nc3ccc(CN4CCN(C(=O)C(C)C)CC4)cc3)nc3c2ccn3SI)c1. The molecule has 0 aliphatic carbocycles. The first-order valence-corrected chi connectivity index (χ1v) is 16.2. The number of carbonyl (C=O) groups excluding carboxylic acids is 1. The highest BCUT2D eigenvalue weighted by molar-refractivity contribution is 14.2. The predicted octanol–water partition coefficient (Wildman–Crippen LogP) is 6.36. The summed E-state index contributed by atoms with van der Waals surface area (Å²) in [6.45, 7) is 10.4. The van der Waals surface area contributed by atoms with Gasteiger partial charge in [-0.25, -0.2) is 4.98 Å². The average Bonchev–Trinajstić information content (AvgIpc) is 3.50. The van der Waals surface area contributed by atoms with Crippen LogP contribution >= 0.6 is 41.7 Å². The summed E-state index contributed by atoms with van der Waals surface area (Å²) in [6.07, 6.45) is 2.04. The Balaban J connectivity index is 1.29. The molecular weight excluding hydrogens is 603 g/mol. The normalized spacial score (nSPS) is 14.6. The van der Waals surface area contributed by atoms with Crippen LogP contribution in [0.2, 0.25) is 0 Å². The molecular formula is C26H29IN6OS2. The summed E-state index contributed by atoms with van der Waals surface area (Å²) < 4.78 is 2.06. The molecule has 1 fully saturated rings. The zero-order valence-corrected chi connectivity index (χ0v) is 24.4. The van der Waals surface area contributed by atoms with Gasteiger partial charge in [-0.3, -0.25) is 13.7 Å². The quantitative estimate of drug-likeness (QED) is 0.240. The minimum Gasteiger partial charge on any atom is -0.340 e. The Labute approximate surface area is 232 Å². The number of aromatic nitrogens is 3. The van der Waals surface area contributed by atoms with Crippen LogP contribution in [-0.4, -0.2) is 55.8 Å². The van der Waals surface area contributed by atoms with Crippen LogP contribution in [0.5, 0.6) is 0 Å². The van der Waals surface area contributed by atoms with Gasteiger partial charge in [-0.15, -0.1) is 11.3 Å².